The lowest BCUT2D eigenvalue weighted by Gasteiger charge is -2.25. The zero-order valence-corrected chi connectivity index (χ0v) is 10.4. The summed E-state index contributed by atoms with van der Waals surface area (Å²) in [7, 11) is 3.29. The Morgan fingerprint density at radius 2 is 2.00 bits per heavy atom. The topological polar surface area (TPSA) is 44.8 Å². The Morgan fingerprint density at radius 1 is 1.31 bits per heavy atom. The van der Waals surface area contributed by atoms with Crippen molar-refractivity contribution in [3.8, 4) is 0 Å². The molecular weight excluding hydrogens is 208 g/mol. The first-order chi connectivity index (χ1) is 7.72. The van der Waals surface area contributed by atoms with E-state index in [2.05, 4.69) is 0 Å². The highest BCUT2D eigenvalue weighted by atomic mass is 16.7. The highest BCUT2D eigenvalue weighted by Gasteiger charge is 2.35. The lowest BCUT2D eigenvalue weighted by atomic mass is 9.92. The van der Waals surface area contributed by atoms with E-state index < -0.39 is 0 Å². The normalized spacial score (nSPS) is 25.0. The first kappa shape index (κ1) is 13.5. The SMILES string of the molecule is CCOC(=O)C[C@@H]1CCC[C@@H]1C(OC)OC. The summed E-state index contributed by atoms with van der Waals surface area (Å²) in [6, 6.07) is 0. The number of ether oxygens (including phenoxy) is 3. The summed E-state index contributed by atoms with van der Waals surface area (Å²) >= 11 is 0. The second-order valence-electron chi connectivity index (χ2n) is 4.20. The fourth-order valence-corrected chi connectivity index (χ4v) is 2.56. The van der Waals surface area contributed by atoms with Crippen LogP contribution in [0.4, 0.5) is 0 Å². The molecule has 0 heterocycles. The third-order valence-electron chi connectivity index (χ3n) is 3.27. The molecule has 0 aromatic carbocycles. The summed E-state index contributed by atoms with van der Waals surface area (Å²) in [5.41, 5.74) is 0. The van der Waals surface area contributed by atoms with Crippen molar-refractivity contribution in [3.63, 3.8) is 0 Å². The molecule has 0 aliphatic heterocycles. The minimum Gasteiger partial charge on any atom is -0.466 e. The second kappa shape index (κ2) is 6.86. The Morgan fingerprint density at radius 3 is 2.56 bits per heavy atom. The molecule has 0 N–H and O–H groups in total. The van der Waals surface area contributed by atoms with Crippen LogP contribution in [0.1, 0.15) is 32.6 Å². The van der Waals surface area contributed by atoms with Gasteiger partial charge in [-0.3, -0.25) is 4.79 Å². The molecule has 1 saturated carbocycles. The van der Waals surface area contributed by atoms with E-state index in [0.717, 1.165) is 19.3 Å². The van der Waals surface area contributed by atoms with Crippen LogP contribution >= 0.6 is 0 Å². The van der Waals surface area contributed by atoms with Gasteiger partial charge in [-0.2, -0.15) is 0 Å². The number of hydrogen-bond donors (Lipinski definition) is 0. The van der Waals surface area contributed by atoms with Gasteiger partial charge in [0.1, 0.15) is 0 Å². The molecule has 1 fully saturated rings. The maximum atomic E-state index is 11.4. The number of carbonyl (C=O) groups is 1. The molecule has 1 aliphatic rings. The molecule has 0 radical (unpaired) electrons. The predicted octanol–water partition coefficient (Wildman–Crippen LogP) is 1.97. The quantitative estimate of drug-likeness (QED) is 0.517. The monoisotopic (exact) mass is 230 g/mol. The van der Waals surface area contributed by atoms with Crippen LogP contribution in [-0.2, 0) is 19.0 Å². The lowest BCUT2D eigenvalue weighted by molar-refractivity contribution is -0.154. The summed E-state index contributed by atoms with van der Waals surface area (Å²) < 4.78 is 15.5. The van der Waals surface area contributed by atoms with Crippen LogP contribution in [0.5, 0.6) is 0 Å². The van der Waals surface area contributed by atoms with Crippen LogP contribution in [0.15, 0.2) is 0 Å². The Hall–Kier alpha value is -0.610. The predicted molar refractivity (Wildman–Crippen MR) is 59.9 cm³/mol. The van der Waals surface area contributed by atoms with E-state index in [1.54, 1.807) is 14.2 Å². The maximum absolute atomic E-state index is 11.4. The number of rotatable bonds is 6. The summed E-state index contributed by atoms with van der Waals surface area (Å²) in [4.78, 5) is 11.4. The summed E-state index contributed by atoms with van der Waals surface area (Å²) in [5, 5.41) is 0. The highest BCUT2D eigenvalue weighted by Crippen LogP contribution is 2.37. The highest BCUT2D eigenvalue weighted by molar-refractivity contribution is 5.69. The molecule has 1 rings (SSSR count). The van der Waals surface area contributed by atoms with E-state index in [0.29, 0.717) is 24.9 Å². The van der Waals surface area contributed by atoms with Crippen molar-refractivity contribution in [2.24, 2.45) is 11.8 Å². The fraction of sp³-hybridized carbons (Fsp3) is 0.917. The number of hydrogen-bond acceptors (Lipinski definition) is 4. The average molecular weight is 230 g/mol. The first-order valence-corrected chi connectivity index (χ1v) is 5.94. The molecule has 1 aliphatic carbocycles. The minimum absolute atomic E-state index is 0.106. The minimum atomic E-state index is -0.193. The largest absolute Gasteiger partial charge is 0.466 e. The molecule has 2 atom stereocenters. The third-order valence-corrected chi connectivity index (χ3v) is 3.27. The van der Waals surface area contributed by atoms with Gasteiger partial charge in [0.25, 0.3) is 0 Å². The molecule has 16 heavy (non-hydrogen) atoms. The van der Waals surface area contributed by atoms with Crippen molar-refractivity contribution >= 4 is 5.97 Å². The van der Waals surface area contributed by atoms with Crippen LogP contribution in [0.25, 0.3) is 0 Å². The maximum Gasteiger partial charge on any atom is 0.306 e. The van der Waals surface area contributed by atoms with E-state index in [1.165, 1.54) is 0 Å². The molecule has 0 aromatic rings. The van der Waals surface area contributed by atoms with E-state index >= 15 is 0 Å². The molecule has 4 heteroatoms. The molecule has 0 saturated heterocycles. The van der Waals surface area contributed by atoms with E-state index in [9.17, 15) is 4.79 Å². The van der Waals surface area contributed by atoms with Crippen molar-refractivity contribution < 1.29 is 19.0 Å². The zero-order chi connectivity index (χ0) is 12.0. The van der Waals surface area contributed by atoms with Crippen LogP contribution < -0.4 is 0 Å². The van der Waals surface area contributed by atoms with Crippen molar-refractivity contribution in [3.05, 3.63) is 0 Å². The third kappa shape index (κ3) is 3.46. The van der Waals surface area contributed by atoms with Gasteiger partial charge in [0, 0.05) is 26.6 Å². The lowest BCUT2D eigenvalue weighted by Crippen LogP contribution is -2.29. The van der Waals surface area contributed by atoms with Gasteiger partial charge >= 0.3 is 5.97 Å². The zero-order valence-electron chi connectivity index (χ0n) is 10.4. The van der Waals surface area contributed by atoms with E-state index in [1.807, 2.05) is 6.92 Å². The smallest absolute Gasteiger partial charge is 0.306 e. The number of esters is 1. The molecule has 4 nitrogen and oxygen atoms in total. The van der Waals surface area contributed by atoms with Crippen molar-refractivity contribution in [2.45, 2.75) is 38.9 Å². The molecular formula is C12H22O4. The van der Waals surface area contributed by atoms with Gasteiger partial charge in [-0.1, -0.05) is 6.42 Å². The molecule has 0 spiro atoms. The van der Waals surface area contributed by atoms with Crippen molar-refractivity contribution in [1.29, 1.82) is 0 Å². The van der Waals surface area contributed by atoms with E-state index in [-0.39, 0.29) is 12.3 Å². The van der Waals surface area contributed by atoms with Gasteiger partial charge in [0.2, 0.25) is 0 Å². The summed E-state index contributed by atoms with van der Waals surface area (Å²) in [6.07, 6.45) is 3.56. The summed E-state index contributed by atoms with van der Waals surface area (Å²) in [5.74, 6) is 0.550. The van der Waals surface area contributed by atoms with E-state index in [4.69, 9.17) is 14.2 Å². The van der Waals surface area contributed by atoms with Crippen LogP contribution in [0.3, 0.4) is 0 Å². The Balaban J connectivity index is 2.48. The Bertz CT molecular complexity index is 213. The van der Waals surface area contributed by atoms with Gasteiger partial charge in [-0.15, -0.1) is 0 Å². The second-order valence-corrected chi connectivity index (χ2v) is 4.20. The number of methoxy groups -OCH3 is 2. The molecule has 0 amide bonds. The van der Waals surface area contributed by atoms with Crippen molar-refractivity contribution in [1.82, 2.24) is 0 Å². The first-order valence-electron chi connectivity index (χ1n) is 5.94. The van der Waals surface area contributed by atoms with Crippen LogP contribution in [-0.4, -0.2) is 33.1 Å². The van der Waals surface area contributed by atoms with Gasteiger partial charge in [0.05, 0.1) is 6.61 Å². The van der Waals surface area contributed by atoms with Gasteiger partial charge in [-0.25, -0.2) is 0 Å². The molecule has 94 valence electrons. The molecule has 0 bridgehead atoms. The fourth-order valence-electron chi connectivity index (χ4n) is 2.56. The number of carbonyl (C=O) groups excluding carboxylic acids is 1. The van der Waals surface area contributed by atoms with Crippen molar-refractivity contribution in [2.75, 3.05) is 20.8 Å². The average Bonchev–Trinajstić information content (AvgIpc) is 2.69. The Kier molecular flexibility index (Phi) is 5.77. The summed E-state index contributed by atoms with van der Waals surface area (Å²) in [6.45, 7) is 2.28. The standard InChI is InChI=1S/C12H22O4/c1-4-16-11(13)8-9-6-5-7-10(9)12(14-2)15-3/h9-10,12H,4-8H2,1-3H3/t9-,10-/m0/s1. The van der Waals surface area contributed by atoms with Crippen LogP contribution in [0, 0.1) is 11.8 Å². The molecule has 0 unspecified atom stereocenters. The van der Waals surface area contributed by atoms with Gasteiger partial charge in [0.15, 0.2) is 6.29 Å². The van der Waals surface area contributed by atoms with Gasteiger partial charge < -0.3 is 14.2 Å². The van der Waals surface area contributed by atoms with Crippen LogP contribution in [0.2, 0.25) is 0 Å². The Labute approximate surface area is 97.2 Å². The molecule has 0 aromatic heterocycles. The van der Waals surface area contributed by atoms with Gasteiger partial charge in [-0.05, 0) is 25.7 Å².